The van der Waals surface area contributed by atoms with E-state index in [1.54, 1.807) is 11.1 Å². The van der Waals surface area contributed by atoms with Gasteiger partial charge in [-0.3, -0.25) is 0 Å². The first-order valence-electron chi connectivity index (χ1n) is 5.86. The molecule has 9 nitrogen and oxygen atoms in total. The second kappa shape index (κ2) is 4.67. The second-order valence-corrected chi connectivity index (χ2v) is 4.41. The first-order valence-corrected chi connectivity index (χ1v) is 5.86. The van der Waals surface area contributed by atoms with Crippen molar-refractivity contribution in [2.75, 3.05) is 6.54 Å². The highest BCUT2D eigenvalue weighted by Crippen LogP contribution is 2.38. The summed E-state index contributed by atoms with van der Waals surface area (Å²) in [5.74, 6) is 1.32. The summed E-state index contributed by atoms with van der Waals surface area (Å²) >= 11 is 0. The van der Waals surface area contributed by atoms with Crippen LogP contribution in [-0.2, 0) is 0 Å². The molecule has 0 saturated carbocycles. The van der Waals surface area contributed by atoms with Gasteiger partial charge in [-0.1, -0.05) is 0 Å². The predicted molar refractivity (Wildman–Crippen MR) is 59.6 cm³/mol. The van der Waals surface area contributed by atoms with Crippen LogP contribution in [0.3, 0.4) is 0 Å². The summed E-state index contributed by atoms with van der Waals surface area (Å²) in [4.78, 5) is 13.0. The minimum Gasteiger partial charge on any atom is -0.351 e. The van der Waals surface area contributed by atoms with Crippen LogP contribution in [0.15, 0.2) is 21.4 Å². The van der Waals surface area contributed by atoms with Crippen molar-refractivity contribution in [1.82, 2.24) is 25.6 Å². The number of carbonyl (C=O) groups excluding carboxylic acids is 1. The number of carbonyl (C=O) groups is 1. The van der Waals surface area contributed by atoms with Crippen molar-refractivity contribution in [3.63, 3.8) is 0 Å². The van der Waals surface area contributed by atoms with Crippen molar-refractivity contribution in [1.29, 1.82) is 0 Å². The monoisotopic (exact) mass is 264 g/mol. The SMILES string of the molecule is NC(=O)N1CCC(c2cnno2)CC1c1cnno1. The molecule has 3 rings (SSSR count). The summed E-state index contributed by atoms with van der Waals surface area (Å²) in [6, 6.07) is -0.785. The number of likely N-dealkylation sites (tertiary alicyclic amines) is 1. The number of hydrogen-bond donors (Lipinski definition) is 1. The minimum atomic E-state index is -0.490. The number of urea groups is 1. The fourth-order valence-electron chi connectivity index (χ4n) is 2.43. The van der Waals surface area contributed by atoms with Gasteiger partial charge in [0, 0.05) is 23.0 Å². The molecular formula is C10H12N6O3. The minimum absolute atomic E-state index is 0.112. The Morgan fingerprint density at radius 1 is 1.26 bits per heavy atom. The highest BCUT2D eigenvalue weighted by atomic mass is 16.5. The largest absolute Gasteiger partial charge is 0.351 e. The number of nitrogens with two attached hydrogens (primary N) is 1. The van der Waals surface area contributed by atoms with E-state index in [9.17, 15) is 4.79 Å². The fourth-order valence-corrected chi connectivity index (χ4v) is 2.43. The third kappa shape index (κ3) is 2.14. The normalized spacial score (nSPS) is 23.5. The van der Waals surface area contributed by atoms with Gasteiger partial charge in [0.25, 0.3) is 0 Å². The summed E-state index contributed by atoms with van der Waals surface area (Å²) in [6.45, 7) is 0.506. The second-order valence-electron chi connectivity index (χ2n) is 4.41. The number of primary amides is 1. The number of hydrogen-bond acceptors (Lipinski definition) is 7. The molecule has 2 aromatic rings. The average molecular weight is 264 g/mol. The Bertz CT molecular complexity index is 540. The zero-order valence-electron chi connectivity index (χ0n) is 9.97. The fraction of sp³-hybridized carbons (Fsp3) is 0.500. The Morgan fingerprint density at radius 3 is 2.53 bits per heavy atom. The molecule has 0 spiro atoms. The first kappa shape index (κ1) is 11.6. The highest BCUT2D eigenvalue weighted by molar-refractivity contribution is 5.72. The van der Waals surface area contributed by atoms with Crippen molar-refractivity contribution in [2.24, 2.45) is 5.73 Å². The summed E-state index contributed by atoms with van der Waals surface area (Å²) < 4.78 is 10.1. The molecule has 2 atom stereocenters. The van der Waals surface area contributed by atoms with Crippen LogP contribution in [0.25, 0.3) is 0 Å². The zero-order valence-corrected chi connectivity index (χ0v) is 9.97. The number of piperidine rings is 1. The molecule has 2 amide bonds. The lowest BCUT2D eigenvalue weighted by atomic mass is 9.88. The molecular weight excluding hydrogens is 252 g/mol. The van der Waals surface area contributed by atoms with Gasteiger partial charge in [0.2, 0.25) is 0 Å². The number of nitrogens with zero attached hydrogens (tertiary/aromatic N) is 5. The van der Waals surface area contributed by atoms with E-state index in [1.807, 2.05) is 0 Å². The number of rotatable bonds is 2. The molecule has 0 bridgehead atoms. The van der Waals surface area contributed by atoms with Crippen molar-refractivity contribution in [3.05, 3.63) is 23.9 Å². The molecule has 0 aliphatic carbocycles. The van der Waals surface area contributed by atoms with Gasteiger partial charge in [-0.2, -0.15) is 0 Å². The molecule has 0 radical (unpaired) electrons. The van der Waals surface area contributed by atoms with Gasteiger partial charge in [-0.25, -0.2) is 4.79 Å². The Labute approximate surface area is 107 Å². The van der Waals surface area contributed by atoms with Crippen molar-refractivity contribution in [3.8, 4) is 0 Å². The molecule has 2 N–H and O–H groups in total. The average Bonchev–Trinajstić information content (AvgIpc) is 3.11. The van der Waals surface area contributed by atoms with Crippen LogP contribution in [-0.4, -0.2) is 38.2 Å². The summed E-state index contributed by atoms with van der Waals surface area (Å²) in [7, 11) is 0. The standard InChI is InChI=1S/C10H12N6O3/c11-10(17)16-2-1-6(8-4-12-14-18-8)3-7(16)9-5-13-15-19-9/h4-7H,1-3H2,(H2,11,17). The molecule has 3 heterocycles. The summed E-state index contributed by atoms with van der Waals surface area (Å²) in [6.07, 6.45) is 4.41. The van der Waals surface area contributed by atoms with Crippen LogP contribution in [0.5, 0.6) is 0 Å². The Morgan fingerprint density at radius 2 is 1.95 bits per heavy atom. The molecule has 9 heteroatoms. The maximum absolute atomic E-state index is 11.5. The van der Waals surface area contributed by atoms with Gasteiger partial charge < -0.3 is 19.7 Å². The lowest BCUT2D eigenvalue weighted by Gasteiger charge is -2.35. The number of amides is 2. The molecule has 2 unspecified atom stereocenters. The zero-order chi connectivity index (χ0) is 13.2. The van der Waals surface area contributed by atoms with E-state index in [-0.39, 0.29) is 12.0 Å². The highest BCUT2D eigenvalue weighted by Gasteiger charge is 2.36. The van der Waals surface area contributed by atoms with Crippen molar-refractivity contribution < 1.29 is 13.8 Å². The molecule has 1 aliphatic rings. The molecule has 19 heavy (non-hydrogen) atoms. The Balaban J connectivity index is 1.85. The maximum Gasteiger partial charge on any atom is 0.315 e. The van der Waals surface area contributed by atoms with Gasteiger partial charge in [0.1, 0.15) is 0 Å². The topological polar surface area (TPSA) is 124 Å². The lowest BCUT2D eigenvalue weighted by molar-refractivity contribution is 0.126. The van der Waals surface area contributed by atoms with Crippen molar-refractivity contribution in [2.45, 2.75) is 24.8 Å². The van der Waals surface area contributed by atoms with Crippen LogP contribution < -0.4 is 5.73 Å². The molecule has 100 valence electrons. The molecule has 1 fully saturated rings. The molecule has 0 aromatic carbocycles. The van der Waals surface area contributed by atoms with Gasteiger partial charge in [0.15, 0.2) is 11.5 Å². The molecule has 1 saturated heterocycles. The number of aromatic nitrogens is 4. The van der Waals surface area contributed by atoms with Gasteiger partial charge in [-0.15, -0.1) is 10.2 Å². The quantitative estimate of drug-likeness (QED) is 0.834. The first-order chi connectivity index (χ1) is 9.25. The Kier molecular flexibility index (Phi) is 2.86. The van der Waals surface area contributed by atoms with E-state index in [1.165, 1.54) is 6.20 Å². The van der Waals surface area contributed by atoms with E-state index in [0.717, 1.165) is 6.42 Å². The van der Waals surface area contributed by atoms with E-state index in [0.29, 0.717) is 24.5 Å². The van der Waals surface area contributed by atoms with Crippen molar-refractivity contribution >= 4 is 6.03 Å². The van der Waals surface area contributed by atoms with Crippen LogP contribution in [0.1, 0.15) is 36.3 Å². The van der Waals surface area contributed by atoms with Gasteiger partial charge in [0.05, 0.1) is 18.4 Å². The van der Waals surface area contributed by atoms with Crippen LogP contribution in [0.2, 0.25) is 0 Å². The van der Waals surface area contributed by atoms with Crippen LogP contribution in [0, 0.1) is 0 Å². The van der Waals surface area contributed by atoms with Crippen LogP contribution >= 0.6 is 0 Å². The summed E-state index contributed by atoms with van der Waals surface area (Å²) in [5.41, 5.74) is 5.38. The smallest absolute Gasteiger partial charge is 0.315 e. The van der Waals surface area contributed by atoms with E-state index in [4.69, 9.17) is 14.8 Å². The predicted octanol–water partition coefficient (Wildman–Crippen LogP) is 0.452. The Hall–Kier alpha value is -2.45. The maximum atomic E-state index is 11.5. The van der Waals surface area contributed by atoms with E-state index < -0.39 is 6.03 Å². The van der Waals surface area contributed by atoms with Crippen LogP contribution in [0.4, 0.5) is 4.79 Å². The third-order valence-corrected chi connectivity index (χ3v) is 3.37. The van der Waals surface area contributed by atoms with E-state index >= 15 is 0 Å². The van der Waals surface area contributed by atoms with Gasteiger partial charge >= 0.3 is 6.03 Å². The van der Waals surface area contributed by atoms with E-state index in [2.05, 4.69) is 20.7 Å². The van der Waals surface area contributed by atoms with Gasteiger partial charge in [-0.05, 0) is 12.8 Å². The third-order valence-electron chi connectivity index (χ3n) is 3.37. The lowest BCUT2D eigenvalue weighted by Crippen LogP contribution is -2.43. The molecule has 2 aromatic heterocycles. The summed E-state index contributed by atoms with van der Waals surface area (Å²) in [5, 5.41) is 14.2. The molecule has 1 aliphatic heterocycles.